The van der Waals surface area contributed by atoms with Crippen molar-refractivity contribution in [2.24, 2.45) is 7.05 Å². The van der Waals surface area contributed by atoms with Gasteiger partial charge in [0.2, 0.25) is 5.91 Å². The lowest BCUT2D eigenvalue weighted by atomic mass is 10.1. The minimum Gasteiger partial charge on any atom is -0.356 e. The number of amides is 1. The van der Waals surface area contributed by atoms with Crippen LogP contribution < -0.4 is 5.32 Å². The smallest absolute Gasteiger partial charge is 0.220 e. The second-order valence-electron chi connectivity index (χ2n) is 4.58. The van der Waals surface area contributed by atoms with Crippen LogP contribution in [-0.2, 0) is 24.7 Å². The summed E-state index contributed by atoms with van der Waals surface area (Å²) in [5.41, 5.74) is 2.33. The largest absolute Gasteiger partial charge is 0.356 e. The Bertz CT molecular complexity index is 519. The summed E-state index contributed by atoms with van der Waals surface area (Å²) >= 11 is 0. The zero-order valence-corrected chi connectivity index (χ0v) is 11.2. The van der Waals surface area contributed by atoms with Gasteiger partial charge in [0.15, 0.2) is 0 Å². The molecule has 1 N–H and O–H groups in total. The van der Waals surface area contributed by atoms with Crippen LogP contribution in [0.3, 0.4) is 0 Å². The minimum absolute atomic E-state index is 0.103. The van der Waals surface area contributed by atoms with Crippen molar-refractivity contribution in [2.45, 2.75) is 19.3 Å². The third-order valence-corrected chi connectivity index (χ3v) is 3.10. The van der Waals surface area contributed by atoms with E-state index in [9.17, 15) is 4.79 Å². The van der Waals surface area contributed by atoms with Crippen molar-refractivity contribution in [1.29, 1.82) is 0 Å². The summed E-state index contributed by atoms with van der Waals surface area (Å²) in [6.07, 6.45) is 5.74. The van der Waals surface area contributed by atoms with E-state index in [0.717, 1.165) is 18.5 Å². The maximum Gasteiger partial charge on any atom is 0.220 e. The Morgan fingerprint density at radius 1 is 1.26 bits per heavy atom. The standard InChI is InChI=1S/C15H19N3O/c1-18-12-16-11-14(18)9-10-17-15(19)8-7-13-5-3-2-4-6-13/h2-6,11-12H,7-10H2,1H3,(H,17,19). The van der Waals surface area contributed by atoms with Crippen molar-refractivity contribution >= 4 is 5.91 Å². The van der Waals surface area contributed by atoms with Gasteiger partial charge >= 0.3 is 0 Å². The van der Waals surface area contributed by atoms with Crippen molar-refractivity contribution in [3.05, 3.63) is 54.1 Å². The molecule has 0 aliphatic carbocycles. The molecule has 0 unspecified atom stereocenters. The molecule has 1 aromatic carbocycles. The molecule has 0 saturated carbocycles. The number of aryl methyl sites for hydroxylation is 2. The molecule has 100 valence electrons. The maximum atomic E-state index is 11.7. The van der Waals surface area contributed by atoms with Crippen molar-refractivity contribution in [2.75, 3.05) is 6.54 Å². The molecule has 0 spiro atoms. The molecule has 0 radical (unpaired) electrons. The number of imidazole rings is 1. The molecule has 0 bridgehead atoms. The van der Waals surface area contributed by atoms with Crippen LogP contribution in [-0.4, -0.2) is 22.0 Å². The Balaban J connectivity index is 1.66. The van der Waals surface area contributed by atoms with E-state index in [-0.39, 0.29) is 5.91 Å². The summed E-state index contributed by atoms with van der Waals surface area (Å²) in [7, 11) is 1.96. The Kier molecular flexibility index (Phi) is 4.72. The predicted octanol–water partition coefficient (Wildman–Crippen LogP) is 1.71. The van der Waals surface area contributed by atoms with Crippen LogP contribution in [0, 0.1) is 0 Å². The van der Waals surface area contributed by atoms with E-state index in [0.29, 0.717) is 13.0 Å². The van der Waals surface area contributed by atoms with Crippen LogP contribution in [0.1, 0.15) is 17.7 Å². The van der Waals surface area contributed by atoms with Crippen LogP contribution in [0.5, 0.6) is 0 Å². The number of rotatable bonds is 6. The highest BCUT2D eigenvalue weighted by atomic mass is 16.1. The van der Waals surface area contributed by atoms with Gasteiger partial charge in [-0.3, -0.25) is 4.79 Å². The summed E-state index contributed by atoms with van der Waals surface area (Å²) < 4.78 is 1.97. The van der Waals surface area contributed by atoms with Gasteiger partial charge in [0.25, 0.3) is 0 Å². The third kappa shape index (κ3) is 4.25. The molecule has 2 aromatic rings. The van der Waals surface area contributed by atoms with Crippen LogP contribution in [0.4, 0.5) is 0 Å². The molecule has 1 aromatic heterocycles. The van der Waals surface area contributed by atoms with Crippen LogP contribution in [0.25, 0.3) is 0 Å². The topological polar surface area (TPSA) is 46.9 Å². The number of nitrogens with one attached hydrogen (secondary N) is 1. The number of benzene rings is 1. The first-order chi connectivity index (χ1) is 9.25. The minimum atomic E-state index is 0.103. The molecule has 0 aliphatic heterocycles. The Labute approximate surface area is 113 Å². The summed E-state index contributed by atoms with van der Waals surface area (Å²) in [5, 5.41) is 2.94. The number of hydrogen-bond donors (Lipinski definition) is 1. The molecule has 0 saturated heterocycles. The fourth-order valence-electron chi connectivity index (χ4n) is 1.95. The number of aromatic nitrogens is 2. The molecule has 2 rings (SSSR count). The van der Waals surface area contributed by atoms with Gasteiger partial charge in [0.05, 0.1) is 6.33 Å². The molecule has 0 atom stereocenters. The number of carbonyl (C=O) groups is 1. The molecule has 4 nitrogen and oxygen atoms in total. The first kappa shape index (κ1) is 13.3. The monoisotopic (exact) mass is 257 g/mol. The zero-order chi connectivity index (χ0) is 13.5. The van der Waals surface area contributed by atoms with Gasteiger partial charge in [0, 0.05) is 38.3 Å². The van der Waals surface area contributed by atoms with Gasteiger partial charge in [-0.1, -0.05) is 30.3 Å². The lowest BCUT2D eigenvalue weighted by Gasteiger charge is -2.06. The van der Waals surface area contributed by atoms with E-state index in [1.807, 2.05) is 48.1 Å². The third-order valence-electron chi connectivity index (χ3n) is 3.10. The van der Waals surface area contributed by atoms with Gasteiger partial charge in [-0.15, -0.1) is 0 Å². The van der Waals surface area contributed by atoms with E-state index in [1.165, 1.54) is 5.56 Å². The fourth-order valence-corrected chi connectivity index (χ4v) is 1.95. The van der Waals surface area contributed by atoms with Crippen molar-refractivity contribution in [1.82, 2.24) is 14.9 Å². The molecule has 0 aliphatic rings. The van der Waals surface area contributed by atoms with E-state index < -0.39 is 0 Å². The SMILES string of the molecule is Cn1cncc1CCNC(=O)CCc1ccccc1. The van der Waals surface area contributed by atoms with Gasteiger partial charge in [-0.25, -0.2) is 4.98 Å². The molecule has 1 heterocycles. The highest BCUT2D eigenvalue weighted by Crippen LogP contribution is 2.02. The van der Waals surface area contributed by atoms with Crippen LogP contribution in [0.15, 0.2) is 42.9 Å². The van der Waals surface area contributed by atoms with Crippen molar-refractivity contribution < 1.29 is 4.79 Å². The maximum absolute atomic E-state index is 11.7. The lowest BCUT2D eigenvalue weighted by molar-refractivity contribution is -0.121. The van der Waals surface area contributed by atoms with Crippen LogP contribution >= 0.6 is 0 Å². The Morgan fingerprint density at radius 2 is 2.05 bits per heavy atom. The number of nitrogens with zero attached hydrogens (tertiary/aromatic N) is 2. The molecule has 19 heavy (non-hydrogen) atoms. The molecule has 4 heteroatoms. The van der Waals surface area contributed by atoms with E-state index >= 15 is 0 Å². The quantitative estimate of drug-likeness (QED) is 0.856. The first-order valence-corrected chi connectivity index (χ1v) is 6.51. The average molecular weight is 257 g/mol. The fraction of sp³-hybridized carbons (Fsp3) is 0.333. The molecule has 1 amide bonds. The normalized spacial score (nSPS) is 10.4. The van der Waals surface area contributed by atoms with E-state index in [4.69, 9.17) is 0 Å². The highest BCUT2D eigenvalue weighted by Gasteiger charge is 2.03. The number of carbonyl (C=O) groups excluding carboxylic acids is 1. The van der Waals surface area contributed by atoms with E-state index in [2.05, 4.69) is 10.3 Å². The average Bonchev–Trinajstić information content (AvgIpc) is 2.83. The second-order valence-corrected chi connectivity index (χ2v) is 4.58. The second kappa shape index (κ2) is 6.73. The van der Waals surface area contributed by atoms with Crippen LogP contribution in [0.2, 0.25) is 0 Å². The van der Waals surface area contributed by atoms with Gasteiger partial charge in [0.1, 0.15) is 0 Å². The summed E-state index contributed by atoms with van der Waals surface area (Å²) in [6, 6.07) is 10.1. The summed E-state index contributed by atoms with van der Waals surface area (Å²) in [5.74, 6) is 0.103. The van der Waals surface area contributed by atoms with Gasteiger partial charge in [-0.05, 0) is 12.0 Å². The van der Waals surface area contributed by atoms with E-state index in [1.54, 1.807) is 6.33 Å². The van der Waals surface area contributed by atoms with Gasteiger partial charge in [-0.2, -0.15) is 0 Å². The molecule has 0 fully saturated rings. The molecular weight excluding hydrogens is 238 g/mol. The lowest BCUT2D eigenvalue weighted by Crippen LogP contribution is -2.26. The first-order valence-electron chi connectivity index (χ1n) is 6.51. The van der Waals surface area contributed by atoms with Gasteiger partial charge < -0.3 is 9.88 Å². The summed E-state index contributed by atoms with van der Waals surface area (Å²) in [6.45, 7) is 0.660. The molecular formula is C15H19N3O. The summed E-state index contributed by atoms with van der Waals surface area (Å²) in [4.78, 5) is 15.7. The number of hydrogen-bond acceptors (Lipinski definition) is 2. The Morgan fingerprint density at radius 3 is 2.74 bits per heavy atom. The Hall–Kier alpha value is -2.10. The zero-order valence-electron chi connectivity index (χ0n) is 11.2. The highest BCUT2D eigenvalue weighted by molar-refractivity contribution is 5.76. The van der Waals surface area contributed by atoms with Crippen molar-refractivity contribution in [3.8, 4) is 0 Å². The predicted molar refractivity (Wildman–Crippen MR) is 74.7 cm³/mol. The van der Waals surface area contributed by atoms with Crippen molar-refractivity contribution in [3.63, 3.8) is 0 Å².